The van der Waals surface area contributed by atoms with E-state index in [-0.39, 0.29) is 42.2 Å². The molecule has 1 aromatic carbocycles. The quantitative estimate of drug-likeness (QED) is 0.768. The molecule has 3 unspecified atom stereocenters. The van der Waals surface area contributed by atoms with Crippen LogP contribution < -0.4 is 0 Å². The van der Waals surface area contributed by atoms with Crippen LogP contribution in [0.3, 0.4) is 0 Å². The second-order valence-electron chi connectivity index (χ2n) is 8.19. The summed E-state index contributed by atoms with van der Waals surface area (Å²) in [6.07, 6.45) is 1.68. The van der Waals surface area contributed by atoms with Crippen molar-refractivity contribution in [2.24, 2.45) is 5.92 Å². The molecule has 0 aromatic heterocycles. The number of nitrogens with zero attached hydrogens (tertiary/aromatic N) is 3. The predicted octanol–water partition coefficient (Wildman–Crippen LogP) is 1.45. The van der Waals surface area contributed by atoms with Crippen LogP contribution in [0.2, 0.25) is 0 Å². The fourth-order valence-electron chi connectivity index (χ4n) is 4.56. The third kappa shape index (κ3) is 4.15. The van der Waals surface area contributed by atoms with Crippen LogP contribution in [-0.2, 0) is 19.1 Å². The van der Waals surface area contributed by atoms with Crippen molar-refractivity contribution >= 4 is 17.7 Å². The van der Waals surface area contributed by atoms with E-state index in [1.54, 1.807) is 0 Å². The molecule has 4 rings (SSSR count). The lowest BCUT2D eigenvalue weighted by molar-refractivity contribution is -0.147. The van der Waals surface area contributed by atoms with Crippen LogP contribution >= 0.6 is 0 Å². The van der Waals surface area contributed by atoms with Gasteiger partial charge in [-0.1, -0.05) is 30.3 Å². The Morgan fingerprint density at radius 2 is 1.69 bits per heavy atom. The van der Waals surface area contributed by atoms with Crippen LogP contribution in [0, 0.1) is 5.92 Å². The fourth-order valence-corrected chi connectivity index (χ4v) is 4.56. The summed E-state index contributed by atoms with van der Waals surface area (Å²) in [5.41, 5.74) is 1.08. The molecule has 3 amide bonds. The molecule has 3 saturated heterocycles. The van der Waals surface area contributed by atoms with E-state index in [9.17, 15) is 14.4 Å². The van der Waals surface area contributed by atoms with E-state index in [0.717, 1.165) is 18.4 Å². The SMILES string of the molecule is CC(c1ccccc1)N1CC(C(=O)N2CCN(C(=O)C3CCCO3)CC2)CC1=O. The standard InChI is InChI=1S/C22H29N3O4/c1-16(17-6-3-2-4-7-17)25-15-18(14-20(25)26)21(27)23-9-11-24(12-10-23)22(28)19-8-5-13-29-19/h2-4,6-7,16,18-19H,5,8-15H2,1H3. The zero-order valence-corrected chi connectivity index (χ0v) is 17.0. The van der Waals surface area contributed by atoms with Crippen molar-refractivity contribution in [3.05, 3.63) is 35.9 Å². The van der Waals surface area contributed by atoms with E-state index in [0.29, 0.717) is 39.3 Å². The number of rotatable bonds is 4. The third-order valence-corrected chi connectivity index (χ3v) is 6.37. The molecule has 7 heteroatoms. The molecule has 0 radical (unpaired) electrons. The number of amides is 3. The van der Waals surface area contributed by atoms with Gasteiger partial charge in [0.15, 0.2) is 0 Å². The minimum atomic E-state index is -0.308. The summed E-state index contributed by atoms with van der Waals surface area (Å²) < 4.78 is 5.49. The summed E-state index contributed by atoms with van der Waals surface area (Å²) in [5.74, 6) is -0.181. The minimum Gasteiger partial charge on any atom is -0.368 e. The van der Waals surface area contributed by atoms with Crippen molar-refractivity contribution in [2.75, 3.05) is 39.3 Å². The van der Waals surface area contributed by atoms with Gasteiger partial charge in [0.1, 0.15) is 6.10 Å². The molecule has 0 saturated carbocycles. The van der Waals surface area contributed by atoms with Crippen molar-refractivity contribution < 1.29 is 19.1 Å². The fraction of sp³-hybridized carbons (Fsp3) is 0.591. The molecule has 0 spiro atoms. The van der Waals surface area contributed by atoms with Crippen LogP contribution in [0.15, 0.2) is 30.3 Å². The van der Waals surface area contributed by atoms with E-state index in [2.05, 4.69) is 0 Å². The van der Waals surface area contributed by atoms with Gasteiger partial charge in [0.05, 0.1) is 12.0 Å². The van der Waals surface area contributed by atoms with Crippen molar-refractivity contribution in [3.63, 3.8) is 0 Å². The van der Waals surface area contributed by atoms with Crippen molar-refractivity contribution in [3.8, 4) is 0 Å². The number of hydrogen-bond acceptors (Lipinski definition) is 4. The molecular weight excluding hydrogens is 370 g/mol. The Balaban J connectivity index is 1.31. The lowest BCUT2D eigenvalue weighted by Gasteiger charge is -2.36. The van der Waals surface area contributed by atoms with Gasteiger partial charge in [0.25, 0.3) is 5.91 Å². The highest BCUT2D eigenvalue weighted by atomic mass is 16.5. The normalized spacial score (nSPS) is 26.1. The number of carbonyl (C=O) groups excluding carboxylic acids is 3. The van der Waals surface area contributed by atoms with Gasteiger partial charge in [-0.15, -0.1) is 0 Å². The summed E-state index contributed by atoms with van der Waals surface area (Å²) in [6.45, 7) is 5.25. The Hall–Kier alpha value is -2.41. The smallest absolute Gasteiger partial charge is 0.251 e. The topological polar surface area (TPSA) is 70.2 Å². The average Bonchev–Trinajstić information content (AvgIpc) is 3.43. The van der Waals surface area contributed by atoms with E-state index in [1.165, 1.54) is 0 Å². The molecule has 3 fully saturated rings. The second-order valence-corrected chi connectivity index (χ2v) is 8.19. The van der Waals surface area contributed by atoms with Gasteiger partial charge >= 0.3 is 0 Å². The highest BCUT2D eigenvalue weighted by molar-refractivity contribution is 5.89. The molecule has 3 heterocycles. The summed E-state index contributed by atoms with van der Waals surface area (Å²) in [7, 11) is 0. The lowest BCUT2D eigenvalue weighted by atomic mass is 10.1. The highest BCUT2D eigenvalue weighted by Gasteiger charge is 2.40. The zero-order valence-electron chi connectivity index (χ0n) is 17.0. The highest BCUT2D eigenvalue weighted by Crippen LogP contribution is 2.29. The monoisotopic (exact) mass is 399 g/mol. The molecule has 3 aliphatic rings. The third-order valence-electron chi connectivity index (χ3n) is 6.37. The average molecular weight is 399 g/mol. The first-order valence-electron chi connectivity index (χ1n) is 10.6. The van der Waals surface area contributed by atoms with Gasteiger partial charge in [0.2, 0.25) is 11.8 Å². The minimum absolute atomic E-state index is 0.0327. The summed E-state index contributed by atoms with van der Waals surface area (Å²) in [6, 6.07) is 9.87. The predicted molar refractivity (Wildman–Crippen MR) is 107 cm³/mol. The Kier molecular flexibility index (Phi) is 5.85. The summed E-state index contributed by atoms with van der Waals surface area (Å²) >= 11 is 0. The molecule has 29 heavy (non-hydrogen) atoms. The van der Waals surface area contributed by atoms with Crippen LogP contribution in [0.1, 0.15) is 37.8 Å². The van der Waals surface area contributed by atoms with Crippen LogP contribution in [0.25, 0.3) is 0 Å². The van der Waals surface area contributed by atoms with Gasteiger partial charge in [-0.25, -0.2) is 0 Å². The van der Waals surface area contributed by atoms with Crippen LogP contribution in [0.4, 0.5) is 0 Å². The number of likely N-dealkylation sites (tertiary alicyclic amines) is 1. The molecule has 3 aliphatic heterocycles. The first-order chi connectivity index (χ1) is 14.0. The Labute approximate surface area is 171 Å². The van der Waals surface area contributed by atoms with Crippen LogP contribution in [-0.4, -0.2) is 77.9 Å². The first kappa shape index (κ1) is 19.9. The van der Waals surface area contributed by atoms with Gasteiger partial charge in [-0.05, 0) is 25.3 Å². The van der Waals surface area contributed by atoms with Crippen molar-refractivity contribution in [2.45, 2.75) is 38.3 Å². The van der Waals surface area contributed by atoms with E-state index in [1.807, 2.05) is 52.0 Å². The van der Waals surface area contributed by atoms with E-state index >= 15 is 0 Å². The molecule has 0 bridgehead atoms. The lowest BCUT2D eigenvalue weighted by Crippen LogP contribution is -2.54. The number of ether oxygens (including phenoxy) is 1. The molecular formula is C22H29N3O4. The van der Waals surface area contributed by atoms with Gasteiger partial charge in [0, 0.05) is 45.8 Å². The first-order valence-corrected chi connectivity index (χ1v) is 10.6. The number of carbonyl (C=O) groups is 3. The maximum absolute atomic E-state index is 13.0. The molecule has 3 atom stereocenters. The largest absolute Gasteiger partial charge is 0.368 e. The summed E-state index contributed by atoms with van der Waals surface area (Å²) in [5, 5.41) is 0. The molecule has 7 nitrogen and oxygen atoms in total. The Bertz CT molecular complexity index is 755. The maximum Gasteiger partial charge on any atom is 0.251 e. The van der Waals surface area contributed by atoms with Gasteiger partial charge in [-0.2, -0.15) is 0 Å². The molecule has 1 aromatic rings. The number of benzene rings is 1. The number of hydrogen-bond donors (Lipinski definition) is 0. The Morgan fingerprint density at radius 3 is 2.31 bits per heavy atom. The van der Waals surface area contributed by atoms with Crippen molar-refractivity contribution in [1.82, 2.24) is 14.7 Å². The van der Waals surface area contributed by atoms with Crippen LogP contribution in [0.5, 0.6) is 0 Å². The van der Waals surface area contributed by atoms with Gasteiger partial charge in [-0.3, -0.25) is 14.4 Å². The maximum atomic E-state index is 13.0. The molecule has 0 N–H and O–H groups in total. The second kappa shape index (κ2) is 8.53. The molecule has 0 aliphatic carbocycles. The molecule has 156 valence electrons. The van der Waals surface area contributed by atoms with E-state index < -0.39 is 0 Å². The summed E-state index contributed by atoms with van der Waals surface area (Å²) in [4.78, 5) is 43.5. The van der Waals surface area contributed by atoms with Crippen molar-refractivity contribution in [1.29, 1.82) is 0 Å². The number of piperazine rings is 1. The Morgan fingerprint density at radius 1 is 1.03 bits per heavy atom. The van der Waals surface area contributed by atoms with E-state index in [4.69, 9.17) is 4.74 Å². The van der Waals surface area contributed by atoms with Gasteiger partial charge < -0.3 is 19.4 Å². The zero-order chi connectivity index (χ0) is 20.4.